The zero-order valence-electron chi connectivity index (χ0n) is 10.7. The van der Waals surface area contributed by atoms with E-state index in [1.807, 2.05) is 24.3 Å². The molecule has 1 aromatic rings. The number of carbonyl (C=O) groups is 1. The Morgan fingerprint density at radius 1 is 1.28 bits per heavy atom. The van der Waals surface area contributed by atoms with Gasteiger partial charge < -0.3 is 10.1 Å². The Bertz CT molecular complexity index is 351. The van der Waals surface area contributed by atoms with E-state index in [0.29, 0.717) is 13.0 Å². The van der Waals surface area contributed by atoms with Crippen LogP contribution in [0.15, 0.2) is 24.3 Å². The van der Waals surface area contributed by atoms with Crippen LogP contribution in [0.2, 0.25) is 0 Å². The van der Waals surface area contributed by atoms with Crippen LogP contribution in [0.25, 0.3) is 0 Å². The predicted molar refractivity (Wildman–Crippen MR) is 77.4 cm³/mol. The summed E-state index contributed by atoms with van der Waals surface area (Å²) in [5, 5.41) is 3.90. The molecule has 0 bridgehead atoms. The van der Waals surface area contributed by atoms with Crippen LogP contribution in [0.4, 0.5) is 0 Å². The summed E-state index contributed by atoms with van der Waals surface area (Å²) in [5.74, 6) is 1.00. The average molecular weight is 314 g/mol. The van der Waals surface area contributed by atoms with Crippen molar-refractivity contribution in [2.45, 2.75) is 25.7 Å². The number of hydrogen-bond donors (Lipinski definition) is 1. The number of alkyl halides is 1. The third kappa shape index (κ3) is 6.05. The topological polar surface area (TPSA) is 38.3 Å². The molecule has 1 amide bonds. The Hall–Kier alpha value is -1.03. The predicted octanol–water partition coefficient (Wildman–Crippen LogP) is 2.92. The molecule has 0 aliphatic rings. The number of nitrogens with one attached hydrogen (secondary N) is 1. The van der Waals surface area contributed by atoms with Gasteiger partial charge in [0, 0.05) is 18.3 Å². The zero-order chi connectivity index (χ0) is 13.2. The SMILES string of the molecule is COc1ccc(CCNC(=O)CCCCBr)cc1. The van der Waals surface area contributed by atoms with Gasteiger partial charge in [0.25, 0.3) is 0 Å². The normalized spacial score (nSPS) is 10.1. The summed E-state index contributed by atoms with van der Waals surface area (Å²) in [6, 6.07) is 7.92. The smallest absolute Gasteiger partial charge is 0.220 e. The Kier molecular flexibility index (Phi) is 7.49. The molecule has 4 heteroatoms. The Morgan fingerprint density at radius 3 is 2.61 bits per heavy atom. The molecule has 0 spiro atoms. The second-order valence-electron chi connectivity index (χ2n) is 4.09. The van der Waals surface area contributed by atoms with E-state index in [0.717, 1.165) is 30.3 Å². The van der Waals surface area contributed by atoms with Crippen molar-refractivity contribution in [1.82, 2.24) is 5.32 Å². The van der Waals surface area contributed by atoms with Gasteiger partial charge in [-0.1, -0.05) is 28.1 Å². The first-order valence-electron chi connectivity index (χ1n) is 6.22. The summed E-state index contributed by atoms with van der Waals surface area (Å²) >= 11 is 3.35. The van der Waals surface area contributed by atoms with Crippen molar-refractivity contribution in [3.8, 4) is 5.75 Å². The van der Waals surface area contributed by atoms with Gasteiger partial charge in [-0.15, -0.1) is 0 Å². The van der Waals surface area contributed by atoms with Gasteiger partial charge in [0.15, 0.2) is 0 Å². The van der Waals surface area contributed by atoms with Crippen molar-refractivity contribution < 1.29 is 9.53 Å². The summed E-state index contributed by atoms with van der Waals surface area (Å²) in [4.78, 5) is 11.5. The first kappa shape index (κ1) is 15.0. The van der Waals surface area contributed by atoms with Crippen LogP contribution in [-0.2, 0) is 11.2 Å². The number of benzene rings is 1. The number of hydrogen-bond acceptors (Lipinski definition) is 2. The number of rotatable bonds is 8. The maximum atomic E-state index is 11.5. The quantitative estimate of drug-likeness (QED) is 0.592. The van der Waals surface area contributed by atoms with Crippen molar-refractivity contribution in [2.24, 2.45) is 0 Å². The lowest BCUT2D eigenvalue weighted by Gasteiger charge is -2.06. The van der Waals surface area contributed by atoms with Gasteiger partial charge in [-0.2, -0.15) is 0 Å². The molecule has 18 heavy (non-hydrogen) atoms. The van der Waals surface area contributed by atoms with Crippen LogP contribution in [-0.4, -0.2) is 24.9 Å². The summed E-state index contributed by atoms with van der Waals surface area (Å²) < 4.78 is 5.09. The van der Waals surface area contributed by atoms with Crippen LogP contribution in [0.3, 0.4) is 0 Å². The van der Waals surface area contributed by atoms with E-state index >= 15 is 0 Å². The van der Waals surface area contributed by atoms with Gasteiger partial charge in [-0.3, -0.25) is 4.79 Å². The lowest BCUT2D eigenvalue weighted by atomic mass is 10.1. The van der Waals surface area contributed by atoms with Crippen LogP contribution < -0.4 is 10.1 Å². The molecule has 0 unspecified atom stereocenters. The summed E-state index contributed by atoms with van der Waals surface area (Å²) in [6.45, 7) is 0.694. The number of amides is 1. The molecule has 1 N–H and O–H groups in total. The third-order valence-electron chi connectivity index (χ3n) is 2.68. The monoisotopic (exact) mass is 313 g/mol. The standard InChI is InChI=1S/C14H20BrNO2/c1-18-13-7-5-12(6-8-13)9-11-16-14(17)4-2-3-10-15/h5-8H,2-4,9-11H2,1H3,(H,16,17). The van der Waals surface area contributed by atoms with Gasteiger partial charge in [0.05, 0.1) is 7.11 Å². The highest BCUT2D eigenvalue weighted by Gasteiger charge is 2.00. The van der Waals surface area contributed by atoms with E-state index in [1.165, 1.54) is 5.56 Å². The molecule has 0 saturated carbocycles. The number of halogens is 1. The van der Waals surface area contributed by atoms with E-state index in [1.54, 1.807) is 7.11 Å². The molecule has 0 radical (unpaired) electrons. The lowest BCUT2D eigenvalue weighted by Crippen LogP contribution is -2.25. The molecule has 1 rings (SSSR count). The highest BCUT2D eigenvalue weighted by Crippen LogP contribution is 2.11. The molecule has 0 aliphatic heterocycles. The van der Waals surface area contributed by atoms with Gasteiger partial charge in [-0.25, -0.2) is 0 Å². The summed E-state index contributed by atoms with van der Waals surface area (Å²) in [5.41, 5.74) is 1.21. The Morgan fingerprint density at radius 2 is 2.00 bits per heavy atom. The minimum Gasteiger partial charge on any atom is -0.497 e. The van der Waals surface area contributed by atoms with E-state index in [4.69, 9.17) is 4.74 Å². The van der Waals surface area contributed by atoms with Crippen LogP contribution in [0, 0.1) is 0 Å². The first-order chi connectivity index (χ1) is 8.76. The van der Waals surface area contributed by atoms with Gasteiger partial charge in [-0.05, 0) is 37.0 Å². The average Bonchev–Trinajstić information content (AvgIpc) is 2.40. The molecule has 1 aromatic carbocycles. The van der Waals surface area contributed by atoms with Crippen molar-refractivity contribution >= 4 is 21.8 Å². The minimum atomic E-state index is 0.143. The molecule has 0 fully saturated rings. The van der Waals surface area contributed by atoms with Crippen LogP contribution in [0.1, 0.15) is 24.8 Å². The maximum Gasteiger partial charge on any atom is 0.220 e. The van der Waals surface area contributed by atoms with Crippen molar-refractivity contribution in [2.75, 3.05) is 19.0 Å². The number of unbranched alkanes of at least 4 members (excludes halogenated alkanes) is 1. The second-order valence-corrected chi connectivity index (χ2v) is 4.89. The first-order valence-corrected chi connectivity index (χ1v) is 7.34. The Labute approximate surface area is 117 Å². The molecule has 0 heterocycles. The largest absolute Gasteiger partial charge is 0.497 e. The van der Waals surface area contributed by atoms with Gasteiger partial charge >= 0.3 is 0 Å². The van der Waals surface area contributed by atoms with Crippen molar-refractivity contribution in [3.63, 3.8) is 0 Å². The number of ether oxygens (including phenoxy) is 1. The molecular weight excluding hydrogens is 294 g/mol. The van der Waals surface area contributed by atoms with Gasteiger partial charge in [0.1, 0.15) is 5.75 Å². The molecule has 100 valence electrons. The number of carbonyl (C=O) groups excluding carboxylic acids is 1. The third-order valence-corrected chi connectivity index (χ3v) is 3.24. The number of methoxy groups -OCH3 is 1. The van der Waals surface area contributed by atoms with E-state index in [-0.39, 0.29) is 5.91 Å². The summed E-state index contributed by atoms with van der Waals surface area (Å²) in [6.07, 6.45) is 3.47. The fourth-order valence-corrected chi connectivity index (χ4v) is 2.00. The second kappa shape index (κ2) is 8.97. The zero-order valence-corrected chi connectivity index (χ0v) is 12.3. The van der Waals surface area contributed by atoms with E-state index in [2.05, 4.69) is 21.2 Å². The lowest BCUT2D eigenvalue weighted by molar-refractivity contribution is -0.121. The Balaban J connectivity index is 2.18. The highest BCUT2D eigenvalue weighted by atomic mass is 79.9. The minimum absolute atomic E-state index is 0.143. The van der Waals surface area contributed by atoms with Crippen molar-refractivity contribution in [3.05, 3.63) is 29.8 Å². The summed E-state index contributed by atoms with van der Waals surface area (Å²) in [7, 11) is 1.65. The highest BCUT2D eigenvalue weighted by molar-refractivity contribution is 9.09. The fourth-order valence-electron chi connectivity index (χ4n) is 1.61. The van der Waals surface area contributed by atoms with E-state index in [9.17, 15) is 4.79 Å². The van der Waals surface area contributed by atoms with E-state index < -0.39 is 0 Å². The molecule has 0 atom stereocenters. The molecule has 3 nitrogen and oxygen atoms in total. The van der Waals surface area contributed by atoms with Crippen LogP contribution in [0.5, 0.6) is 5.75 Å². The maximum absolute atomic E-state index is 11.5. The van der Waals surface area contributed by atoms with Crippen molar-refractivity contribution in [1.29, 1.82) is 0 Å². The fraction of sp³-hybridized carbons (Fsp3) is 0.500. The molecular formula is C14H20BrNO2. The molecule has 0 aromatic heterocycles. The van der Waals surface area contributed by atoms with Gasteiger partial charge in [0.2, 0.25) is 5.91 Å². The van der Waals surface area contributed by atoms with Crippen LogP contribution >= 0.6 is 15.9 Å². The molecule has 0 saturated heterocycles. The molecule has 0 aliphatic carbocycles.